The Morgan fingerprint density at radius 1 is 0.267 bits per heavy atom. The van der Waals surface area contributed by atoms with Crippen LogP contribution in [0.15, 0.2) is 24.3 Å². The second kappa shape index (κ2) is 36.6. The zero-order valence-corrected chi connectivity index (χ0v) is 77.8. The van der Waals surface area contributed by atoms with Gasteiger partial charge in [0, 0.05) is 163 Å². The van der Waals surface area contributed by atoms with Crippen molar-refractivity contribution in [1.29, 1.82) is 0 Å². The van der Waals surface area contributed by atoms with Crippen LogP contribution in [0.4, 0.5) is 0 Å². The van der Waals surface area contributed by atoms with Crippen LogP contribution in [0.1, 0.15) is 434 Å². The number of benzene rings is 4. The minimum absolute atomic E-state index is 0.0816. The zero-order chi connectivity index (χ0) is 86.7. The first-order valence-corrected chi connectivity index (χ1v) is 47.5. The van der Waals surface area contributed by atoms with Crippen molar-refractivity contribution in [3.05, 3.63) is 112 Å². The van der Waals surface area contributed by atoms with Gasteiger partial charge in [0.1, 0.15) is 72.9 Å². The number of ether oxygens (including phenoxy) is 4. The summed E-state index contributed by atoms with van der Waals surface area (Å²) >= 11 is 0. The molecule has 13 rings (SSSR count). The van der Waals surface area contributed by atoms with Gasteiger partial charge < -0.3 is 80.5 Å². The molecular weight excluding hydrogens is 1510 g/mol. The molecule has 672 valence electrons. The summed E-state index contributed by atoms with van der Waals surface area (Å²) < 4.78 is 30.2. The fraction of sp³-hybridized carbons (Fsp3) is 0.760. The van der Waals surface area contributed by atoms with Gasteiger partial charge in [-0.1, -0.05) is 156 Å². The third kappa shape index (κ3) is 18.7. The van der Waals surface area contributed by atoms with E-state index in [1.807, 2.05) is 111 Å². The van der Waals surface area contributed by atoms with E-state index in [0.29, 0.717) is 148 Å². The maximum absolute atomic E-state index is 14.4. The number of phenols is 4. The number of nitrogens with zero attached hydrogens (tertiary/aromatic N) is 8. The summed E-state index contributed by atoms with van der Waals surface area (Å²) in [6.07, 6.45) is 27.1. The molecule has 20 heteroatoms. The molecular formula is C100H156N8O12-4. The van der Waals surface area contributed by atoms with Crippen LogP contribution in [0, 0.1) is 20.8 Å². The minimum atomic E-state index is -0.697. The molecule has 120 heavy (non-hydrogen) atoms. The van der Waals surface area contributed by atoms with E-state index in [4.69, 9.17) is 18.9 Å². The van der Waals surface area contributed by atoms with Gasteiger partial charge in [-0.2, -0.15) is 0 Å². The first kappa shape index (κ1) is 92.5. The van der Waals surface area contributed by atoms with E-state index in [2.05, 4.69) is 71.6 Å². The summed E-state index contributed by atoms with van der Waals surface area (Å²) in [6.45, 7) is 44.0. The number of hydrogen-bond acceptors (Lipinski definition) is 20. The number of hydrogen-bond donors (Lipinski definition) is 4. The third-order valence-electron chi connectivity index (χ3n) is 30.3. The highest BCUT2D eigenvalue weighted by Crippen LogP contribution is 2.60. The van der Waals surface area contributed by atoms with Gasteiger partial charge in [-0.05, 0) is 212 Å². The molecule has 4 unspecified atom stereocenters. The zero-order valence-electron chi connectivity index (χ0n) is 77.8. The van der Waals surface area contributed by atoms with Crippen molar-refractivity contribution in [3.63, 3.8) is 0 Å². The fourth-order valence-corrected chi connectivity index (χ4v) is 24.5. The maximum Gasteiger partial charge on any atom is 0.142 e. The molecule has 0 amide bonds. The molecule has 8 heterocycles. The summed E-state index contributed by atoms with van der Waals surface area (Å²) in [5.74, 6) is 0.953. The van der Waals surface area contributed by atoms with Crippen molar-refractivity contribution in [2.24, 2.45) is 0 Å². The lowest BCUT2D eigenvalue weighted by atomic mass is 9.73. The van der Waals surface area contributed by atoms with Crippen molar-refractivity contribution >= 4 is 0 Å². The number of hydroxylamine groups is 8. The largest absolute Gasteiger partial charge is 0.784 e. The standard InChI is InChI=1S/C100H156N8O12/c1-21-25-29-33-37-41-69-73-45-78(90-81(85(73)109)57-101(62-118-90)65-49-93(5,6)105(113)94(7,8)50-65)71(43-39-35-31-27-23-3)75-47-80(92-83(87(75)111)59-103(64-120-92)67-53-97(13,14)107(115)98(15,16)54-67)72(44-40-36-32-28-24-4)76-48-79(91-84(88(76)112)60-104(63-119-91)68-55-99(17,18)108(116)100(19,20)56-68)70(42-38-34-30-26-22-2)74-46-77(69)89-82(86(74)110)58-102(61-117-89)66-51-95(9,10)106(114)96(11,12)52-66/h45-48,65-72,109-112H,21-44,49-64H2,1-20H3/q-4. The quantitative estimate of drug-likeness (QED) is 0.0387. The molecule has 4 N–H and O–H groups in total. The molecule has 0 spiro atoms. The Bertz CT molecular complexity index is 3610. The number of phenolic OH excluding ortho intramolecular Hbond substituents is 4. The number of unbranched alkanes of at least 4 members (excludes halogenated alkanes) is 16. The first-order chi connectivity index (χ1) is 56.6. The second-order valence-electron chi connectivity index (χ2n) is 43.9. The van der Waals surface area contributed by atoms with Crippen molar-refractivity contribution < 1.29 is 39.4 Å². The monoisotopic (exact) mass is 1660 g/mol. The van der Waals surface area contributed by atoms with Gasteiger partial charge in [-0.15, -0.1) is 0 Å². The highest BCUT2D eigenvalue weighted by molar-refractivity contribution is 5.69. The Kier molecular flexibility index (Phi) is 28.2. The molecule has 0 aromatic heterocycles. The normalized spacial score (nSPS) is 25.5. The molecule has 1 aliphatic carbocycles. The average Bonchev–Trinajstić information content (AvgIpc) is 0.724. The van der Waals surface area contributed by atoms with Crippen LogP contribution in [0.3, 0.4) is 0 Å². The van der Waals surface area contributed by atoms with Crippen LogP contribution in [-0.2, 0) is 26.2 Å². The van der Waals surface area contributed by atoms with Crippen molar-refractivity contribution in [2.75, 3.05) is 26.9 Å². The van der Waals surface area contributed by atoms with Crippen LogP contribution in [0.2, 0.25) is 0 Å². The van der Waals surface area contributed by atoms with E-state index < -0.39 is 68.0 Å². The molecule has 8 aliphatic heterocycles. The van der Waals surface area contributed by atoms with Crippen LogP contribution >= 0.6 is 0 Å². The lowest BCUT2D eigenvalue weighted by molar-refractivity contribution is -0.0572. The number of aromatic hydroxyl groups is 4. The molecule has 4 fully saturated rings. The van der Waals surface area contributed by atoms with Gasteiger partial charge in [0.25, 0.3) is 0 Å². The number of rotatable bonds is 28. The van der Waals surface area contributed by atoms with Crippen LogP contribution in [0.25, 0.3) is 0 Å². The predicted octanol–water partition coefficient (Wildman–Crippen LogP) is 23.5. The Labute approximate surface area is 722 Å². The smallest absolute Gasteiger partial charge is 0.142 e. The molecule has 4 aromatic rings. The molecule has 4 aromatic carbocycles. The van der Waals surface area contributed by atoms with Gasteiger partial charge >= 0.3 is 0 Å². The SMILES string of the molecule is CCCCCCCC1c2cc(c3c(c2O)CN(C2CC(C)(C)N([O-])C(C)(C)C2)CO3)C(CCCCCCC)c2cc(c3c(c2O)CN(C2CC(C)(C)N([O-])C(C)(C)C2)CO3)C(CCCCCCC)c2cc(c3c(c2O)CN(C2CC(C)(C)N([O-])C(C)(C)C2)CO3)C(CCCCCCC)c2cc1c1c(c2O)CN(C2CC(C)(C)N([O-])C(C)(C)C2)CO1. The maximum atomic E-state index is 14.4. The third-order valence-corrected chi connectivity index (χ3v) is 30.3. The number of piperidine rings is 4. The fourth-order valence-electron chi connectivity index (χ4n) is 24.5. The van der Waals surface area contributed by atoms with E-state index in [1.54, 1.807) is 0 Å². The molecule has 20 nitrogen and oxygen atoms in total. The summed E-state index contributed by atoms with van der Waals surface area (Å²) in [5, 5.41) is 120. The van der Waals surface area contributed by atoms with E-state index >= 15 is 0 Å². The van der Waals surface area contributed by atoms with Crippen molar-refractivity contribution in [2.45, 2.75) is 462 Å². The number of fused-ring (bicyclic) bond motifs is 16. The first-order valence-electron chi connectivity index (χ1n) is 47.5. The van der Waals surface area contributed by atoms with Crippen LogP contribution < -0.4 is 18.9 Å². The van der Waals surface area contributed by atoms with Crippen molar-refractivity contribution in [3.8, 4) is 46.0 Å². The summed E-state index contributed by atoms with van der Waals surface area (Å²) in [4.78, 5) is 9.41. The molecule has 4 saturated heterocycles. The van der Waals surface area contributed by atoms with Crippen LogP contribution in [0.5, 0.6) is 46.0 Å². The highest BCUT2D eigenvalue weighted by Gasteiger charge is 2.51. The topological polar surface area (TPSA) is 236 Å². The van der Waals surface area contributed by atoms with Crippen molar-refractivity contribution in [1.82, 2.24) is 39.9 Å². The summed E-state index contributed by atoms with van der Waals surface area (Å²) in [6, 6.07) is 8.75. The van der Waals surface area contributed by atoms with E-state index in [9.17, 15) is 41.3 Å². The summed E-state index contributed by atoms with van der Waals surface area (Å²) in [7, 11) is 0. The van der Waals surface area contributed by atoms with E-state index in [0.717, 1.165) is 173 Å². The molecule has 9 aliphatic rings. The Morgan fingerprint density at radius 2 is 0.433 bits per heavy atom. The Hall–Kier alpha value is -5.20. The molecule has 0 saturated carbocycles. The molecule has 8 bridgehead atoms. The summed E-state index contributed by atoms with van der Waals surface area (Å²) in [5.41, 5.74) is 3.63. The molecule has 0 radical (unpaired) electrons. The van der Waals surface area contributed by atoms with Gasteiger partial charge in [0.05, 0.1) is 22.3 Å². The minimum Gasteiger partial charge on any atom is -0.784 e. The lowest BCUT2D eigenvalue weighted by Gasteiger charge is -2.61. The van der Waals surface area contributed by atoms with Gasteiger partial charge in [0.2, 0.25) is 0 Å². The Morgan fingerprint density at radius 3 is 0.600 bits per heavy atom. The van der Waals surface area contributed by atoms with Crippen LogP contribution in [-0.4, -0.2) is 156 Å². The second-order valence-corrected chi connectivity index (χ2v) is 43.9. The van der Waals surface area contributed by atoms with E-state index in [1.165, 1.54) is 20.3 Å². The lowest BCUT2D eigenvalue weighted by Crippen LogP contribution is -2.62. The van der Waals surface area contributed by atoms with Gasteiger partial charge in [-0.25, -0.2) is 0 Å². The highest BCUT2D eigenvalue weighted by atomic mass is 16.5. The van der Waals surface area contributed by atoms with E-state index in [-0.39, 0.29) is 74.1 Å². The average molecular weight is 1660 g/mol. The predicted molar refractivity (Wildman–Crippen MR) is 483 cm³/mol. The Balaban J connectivity index is 1.15. The molecule has 4 atom stereocenters. The van der Waals surface area contributed by atoms with Gasteiger partial charge in [-0.3, -0.25) is 19.6 Å². The van der Waals surface area contributed by atoms with Gasteiger partial charge in [0.15, 0.2) is 0 Å².